The van der Waals surface area contributed by atoms with Crippen LogP contribution in [0.4, 0.5) is 0 Å². The van der Waals surface area contributed by atoms with Crippen molar-refractivity contribution in [3.63, 3.8) is 0 Å². The summed E-state index contributed by atoms with van der Waals surface area (Å²) in [6, 6.07) is 0.819. The summed E-state index contributed by atoms with van der Waals surface area (Å²) in [5.41, 5.74) is 0. The molecule has 0 saturated heterocycles. The van der Waals surface area contributed by atoms with Gasteiger partial charge in [-0.2, -0.15) is 0 Å². The van der Waals surface area contributed by atoms with Gasteiger partial charge in [0.05, 0.1) is 0 Å². The Morgan fingerprint density at radius 2 is 1.92 bits per heavy atom. The highest BCUT2D eigenvalue weighted by Gasteiger charge is 2.29. The summed E-state index contributed by atoms with van der Waals surface area (Å²) in [5, 5.41) is 3.68. The fourth-order valence-corrected chi connectivity index (χ4v) is 1.64. The van der Waals surface area contributed by atoms with E-state index in [4.69, 9.17) is 0 Å². The molecule has 0 bridgehead atoms. The molecule has 0 aromatic heterocycles. The molecule has 0 spiro atoms. The van der Waals surface area contributed by atoms with E-state index in [2.05, 4.69) is 26.1 Å². The molecule has 2 unspecified atom stereocenters. The molecule has 12 heavy (non-hydrogen) atoms. The molecule has 0 aromatic rings. The minimum atomic E-state index is 0.819. The van der Waals surface area contributed by atoms with Gasteiger partial charge in [-0.05, 0) is 37.6 Å². The Balaban J connectivity index is 2.10. The average Bonchev–Trinajstić information content (AvgIpc) is 2.89. The number of rotatable bonds is 6. The van der Waals surface area contributed by atoms with Gasteiger partial charge in [-0.25, -0.2) is 0 Å². The third-order valence-electron chi connectivity index (χ3n) is 3.06. The van der Waals surface area contributed by atoms with Gasteiger partial charge in [0.25, 0.3) is 0 Å². The molecular weight excluding hydrogens is 146 g/mol. The second-order valence-electron chi connectivity index (χ2n) is 4.27. The molecule has 0 radical (unpaired) electrons. The van der Waals surface area contributed by atoms with Crippen molar-refractivity contribution in [2.45, 2.75) is 52.5 Å². The van der Waals surface area contributed by atoms with Gasteiger partial charge in [-0.3, -0.25) is 0 Å². The first kappa shape index (κ1) is 10.0. The van der Waals surface area contributed by atoms with Gasteiger partial charge in [0.15, 0.2) is 0 Å². The first-order valence-electron chi connectivity index (χ1n) is 5.51. The predicted molar refractivity (Wildman–Crippen MR) is 54.3 cm³/mol. The second-order valence-corrected chi connectivity index (χ2v) is 4.27. The van der Waals surface area contributed by atoms with E-state index in [0.717, 1.165) is 17.9 Å². The molecule has 2 atom stereocenters. The quantitative estimate of drug-likeness (QED) is 0.644. The van der Waals surface area contributed by atoms with Crippen LogP contribution in [-0.4, -0.2) is 12.6 Å². The second kappa shape index (κ2) is 4.86. The lowest BCUT2D eigenvalue weighted by Gasteiger charge is -2.18. The highest BCUT2D eigenvalue weighted by molar-refractivity contribution is 4.85. The SMILES string of the molecule is CCC(C)CNC(CC)C1CC1. The molecule has 1 aliphatic rings. The Bertz CT molecular complexity index is 118. The number of nitrogens with one attached hydrogen (secondary N) is 1. The lowest BCUT2D eigenvalue weighted by molar-refractivity contribution is 0.400. The van der Waals surface area contributed by atoms with E-state index in [1.165, 1.54) is 32.2 Å². The van der Waals surface area contributed by atoms with Crippen molar-refractivity contribution in [3.05, 3.63) is 0 Å². The van der Waals surface area contributed by atoms with Crippen molar-refractivity contribution in [1.82, 2.24) is 5.32 Å². The number of hydrogen-bond acceptors (Lipinski definition) is 1. The summed E-state index contributed by atoms with van der Waals surface area (Å²) < 4.78 is 0. The van der Waals surface area contributed by atoms with E-state index in [9.17, 15) is 0 Å². The summed E-state index contributed by atoms with van der Waals surface area (Å²) >= 11 is 0. The third-order valence-corrected chi connectivity index (χ3v) is 3.06. The van der Waals surface area contributed by atoms with Crippen molar-refractivity contribution < 1.29 is 0 Å². The van der Waals surface area contributed by atoms with Gasteiger partial charge in [-0.1, -0.05) is 27.2 Å². The molecule has 1 nitrogen and oxygen atoms in total. The summed E-state index contributed by atoms with van der Waals surface area (Å²) in [6.07, 6.45) is 5.53. The van der Waals surface area contributed by atoms with E-state index in [1.807, 2.05) is 0 Å². The van der Waals surface area contributed by atoms with Crippen LogP contribution in [-0.2, 0) is 0 Å². The zero-order valence-corrected chi connectivity index (χ0v) is 8.77. The van der Waals surface area contributed by atoms with Crippen molar-refractivity contribution in [2.75, 3.05) is 6.54 Å². The summed E-state index contributed by atoms with van der Waals surface area (Å²) in [6.45, 7) is 8.11. The fourth-order valence-electron chi connectivity index (χ4n) is 1.64. The highest BCUT2D eigenvalue weighted by Crippen LogP contribution is 2.33. The van der Waals surface area contributed by atoms with Crippen LogP contribution in [0.3, 0.4) is 0 Å². The minimum absolute atomic E-state index is 0.819. The van der Waals surface area contributed by atoms with Crippen LogP contribution in [0.5, 0.6) is 0 Å². The zero-order valence-electron chi connectivity index (χ0n) is 8.77. The van der Waals surface area contributed by atoms with Crippen molar-refractivity contribution >= 4 is 0 Å². The molecule has 1 saturated carbocycles. The van der Waals surface area contributed by atoms with Crippen LogP contribution in [0.1, 0.15) is 46.5 Å². The summed E-state index contributed by atoms with van der Waals surface area (Å²) in [4.78, 5) is 0. The van der Waals surface area contributed by atoms with Gasteiger partial charge >= 0.3 is 0 Å². The average molecular weight is 169 g/mol. The Morgan fingerprint density at radius 3 is 2.33 bits per heavy atom. The van der Waals surface area contributed by atoms with Crippen LogP contribution in [0, 0.1) is 11.8 Å². The molecule has 1 heteroatoms. The molecule has 1 rings (SSSR count). The van der Waals surface area contributed by atoms with Gasteiger partial charge in [0.1, 0.15) is 0 Å². The van der Waals surface area contributed by atoms with E-state index in [0.29, 0.717) is 0 Å². The molecule has 0 aromatic carbocycles. The minimum Gasteiger partial charge on any atom is -0.313 e. The van der Waals surface area contributed by atoms with E-state index >= 15 is 0 Å². The lowest BCUT2D eigenvalue weighted by atomic mass is 10.1. The molecule has 1 aliphatic carbocycles. The van der Waals surface area contributed by atoms with Crippen molar-refractivity contribution in [3.8, 4) is 0 Å². The smallest absolute Gasteiger partial charge is 0.00928 e. The first-order valence-corrected chi connectivity index (χ1v) is 5.51. The monoisotopic (exact) mass is 169 g/mol. The molecular formula is C11H23N. The maximum atomic E-state index is 3.68. The molecule has 0 heterocycles. The number of hydrogen-bond donors (Lipinski definition) is 1. The predicted octanol–water partition coefficient (Wildman–Crippen LogP) is 2.81. The van der Waals surface area contributed by atoms with Crippen molar-refractivity contribution in [2.24, 2.45) is 11.8 Å². The van der Waals surface area contributed by atoms with Crippen LogP contribution < -0.4 is 5.32 Å². The first-order chi connectivity index (χ1) is 5.77. The lowest BCUT2D eigenvalue weighted by Crippen LogP contribution is -2.33. The van der Waals surface area contributed by atoms with Crippen molar-refractivity contribution in [1.29, 1.82) is 0 Å². The molecule has 1 fully saturated rings. The highest BCUT2D eigenvalue weighted by atomic mass is 14.9. The van der Waals surface area contributed by atoms with E-state index in [1.54, 1.807) is 0 Å². The summed E-state index contributed by atoms with van der Waals surface area (Å²) in [5.74, 6) is 1.86. The van der Waals surface area contributed by atoms with E-state index < -0.39 is 0 Å². The normalized spacial score (nSPS) is 22.2. The van der Waals surface area contributed by atoms with Crippen LogP contribution in [0.2, 0.25) is 0 Å². The van der Waals surface area contributed by atoms with Gasteiger partial charge in [-0.15, -0.1) is 0 Å². The Labute approximate surface area is 76.9 Å². The van der Waals surface area contributed by atoms with Crippen LogP contribution >= 0.6 is 0 Å². The fraction of sp³-hybridized carbons (Fsp3) is 1.00. The van der Waals surface area contributed by atoms with Gasteiger partial charge in [0.2, 0.25) is 0 Å². The topological polar surface area (TPSA) is 12.0 Å². The molecule has 0 amide bonds. The molecule has 0 aliphatic heterocycles. The van der Waals surface area contributed by atoms with Gasteiger partial charge < -0.3 is 5.32 Å². The summed E-state index contributed by atoms with van der Waals surface area (Å²) in [7, 11) is 0. The van der Waals surface area contributed by atoms with E-state index in [-0.39, 0.29) is 0 Å². The maximum absolute atomic E-state index is 3.68. The maximum Gasteiger partial charge on any atom is 0.00928 e. The standard InChI is InChI=1S/C11H23N/c1-4-9(3)8-12-11(5-2)10-6-7-10/h9-12H,4-8H2,1-3H3. The Hall–Kier alpha value is -0.0400. The Kier molecular flexibility index (Phi) is 4.07. The van der Waals surface area contributed by atoms with Crippen LogP contribution in [0.25, 0.3) is 0 Å². The third kappa shape index (κ3) is 3.14. The van der Waals surface area contributed by atoms with Gasteiger partial charge in [0, 0.05) is 6.04 Å². The molecule has 72 valence electrons. The largest absolute Gasteiger partial charge is 0.313 e. The Morgan fingerprint density at radius 1 is 1.25 bits per heavy atom. The zero-order chi connectivity index (χ0) is 8.97. The molecule has 1 N–H and O–H groups in total. The van der Waals surface area contributed by atoms with Crippen LogP contribution in [0.15, 0.2) is 0 Å².